The van der Waals surface area contributed by atoms with Crippen molar-refractivity contribution in [3.8, 4) is 5.75 Å². The fourth-order valence-electron chi connectivity index (χ4n) is 2.75. The van der Waals surface area contributed by atoms with E-state index in [-0.39, 0.29) is 11.7 Å². The van der Waals surface area contributed by atoms with Crippen LogP contribution in [-0.4, -0.2) is 16.0 Å². The van der Waals surface area contributed by atoms with Gasteiger partial charge in [-0.1, -0.05) is 24.9 Å². The largest absolute Gasteiger partial charge is 0.505 e. The molecule has 0 aliphatic heterocycles. The number of amides is 1. The minimum atomic E-state index is -0.636. The fraction of sp³-hybridized carbons (Fsp3) is 0.263. The lowest BCUT2D eigenvalue weighted by molar-refractivity contribution is -0.121. The van der Waals surface area contributed by atoms with Crippen LogP contribution in [0.4, 0.5) is 0 Å². The van der Waals surface area contributed by atoms with Crippen molar-refractivity contribution in [2.45, 2.75) is 32.2 Å². The molecule has 2 aromatic heterocycles. The fourth-order valence-corrected chi connectivity index (χ4v) is 3.02. The number of benzene rings is 1. The first-order valence-corrected chi connectivity index (χ1v) is 8.58. The number of hydrogen-bond donors (Lipinski definition) is 2. The number of unbranched alkanes of at least 4 members (excludes halogenated alkanes) is 1. The Bertz CT molecular complexity index is 878. The van der Waals surface area contributed by atoms with Gasteiger partial charge in [-0.15, -0.1) is 0 Å². The molecule has 6 heteroatoms. The number of pyridine rings is 1. The first-order chi connectivity index (χ1) is 12.1. The van der Waals surface area contributed by atoms with E-state index in [0.717, 1.165) is 12.8 Å². The van der Waals surface area contributed by atoms with E-state index in [2.05, 4.69) is 10.3 Å². The van der Waals surface area contributed by atoms with Crippen molar-refractivity contribution in [2.75, 3.05) is 0 Å². The molecule has 3 rings (SSSR count). The van der Waals surface area contributed by atoms with E-state index in [0.29, 0.717) is 33.7 Å². The van der Waals surface area contributed by atoms with Gasteiger partial charge in [-0.25, -0.2) is 0 Å². The predicted octanol–water partition coefficient (Wildman–Crippen LogP) is 4.58. The number of aromatic hydroxyl groups is 1. The van der Waals surface area contributed by atoms with E-state index in [1.807, 2.05) is 6.92 Å². The van der Waals surface area contributed by atoms with Gasteiger partial charge in [0.1, 0.15) is 23.1 Å². The minimum absolute atomic E-state index is 0.0165. The lowest BCUT2D eigenvalue weighted by Crippen LogP contribution is -2.29. The number of halogens is 1. The van der Waals surface area contributed by atoms with Crippen molar-refractivity contribution in [1.29, 1.82) is 0 Å². The molecule has 2 heterocycles. The average Bonchev–Trinajstić information content (AvgIpc) is 3.15. The summed E-state index contributed by atoms with van der Waals surface area (Å²) >= 11 is 6.37. The average molecular weight is 359 g/mol. The van der Waals surface area contributed by atoms with Crippen LogP contribution in [0.2, 0.25) is 5.02 Å². The smallest absolute Gasteiger partial charge is 0.220 e. The molecule has 5 nitrogen and oxygen atoms in total. The molecule has 0 aliphatic carbocycles. The monoisotopic (exact) mass is 358 g/mol. The molecular formula is C19H19ClN2O3. The van der Waals surface area contributed by atoms with E-state index >= 15 is 0 Å². The Kier molecular flexibility index (Phi) is 5.24. The van der Waals surface area contributed by atoms with Crippen LogP contribution in [0.25, 0.3) is 10.9 Å². The first-order valence-electron chi connectivity index (χ1n) is 8.20. The highest BCUT2D eigenvalue weighted by Gasteiger charge is 2.25. The number of phenols is 1. The van der Waals surface area contributed by atoms with Gasteiger partial charge < -0.3 is 14.8 Å². The normalized spacial score (nSPS) is 12.2. The van der Waals surface area contributed by atoms with E-state index in [4.69, 9.17) is 16.0 Å². The standard InChI is InChI=1S/C19H19ClN2O3/c1-2-3-8-16(23)22-17(15-7-5-10-25-15)13-11-14(20)12-6-4-9-21-18(12)19(13)24/h4-7,9-11,17,24H,2-3,8H2,1H3,(H,22,23)/t17-/m0/s1. The molecule has 2 N–H and O–H groups in total. The van der Waals surface area contributed by atoms with Crippen LogP contribution < -0.4 is 5.32 Å². The second-order valence-corrected chi connectivity index (χ2v) is 6.22. The summed E-state index contributed by atoms with van der Waals surface area (Å²) in [6.07, 6.45) is 5.24. The Labute approximate surface area is 150 Å². The second kappa shape index (κ2) is 7.57. The quantitative estimate of drug-likeness (QED) is 0.676. The van der Waals surface area contributed by atoms with Gasteiger partial charge in [0.05, 0.1) is 11.3 Å². The number of phenolic OH excluding ortho intramolecular Hbond substituents is 1. The lowest BCUT2D eigenvalue weighted by Gasteiger charge is -2.19. The van der Waals surface area contributed by atoms with Gasteiger partial charge in [0.2, 0.25) is 5.91 Å². The molecule has 1 aromatic carbocycles. The van der Waals surface area contributed by atoms with Crippen molar-refractivity contribution in [3.63, 3.8) is 0 Å². The van der Waals surface area contributed by atoms with E-state index < -0.39 is 6.04 Å². The molecule has 0 spiro atoms. The molecule has 25 heavy (non-hydrogen) atoms. The molecule has 0 bridgehead atoms. The number of nitrogens with zero attached hydrogens (tertiary/aromatic N) is 1. The summed E-state index contributed by atoms with van der Waals surface area (Å²) in [6.45, 7) is 2.03. The van der Waals surface area contributed by atoms with Gasteiger partial charge in [-0.05, 0) is 36.8 Å². The van der Waals surface area contributed by atoms with Crippen LogP contribution >= 0.6 is 11.6 Å². The summed E-state index contributed by atoms with van der Waals surface area (Å²) in [5, 5.41) is 14.7. The summed E-state index contributed by atoms with van der Waals surface area (Å²) in [4.78, 5) is 16.5. The second-order valence-electron chi connectivity index (χ2n) is 5.82. The number of carbonyl (C=O) groups is 1. The summed E-state index contributed by atoms with van der Waals surface area (Å²) in [5.74, 6) is 0.392. The van der Waals surface area contributed by atoms with Crippen LogP contribution in [0.15, 0.2) is 47.2 Å². The van der Waals surface area contributed by atoms with Crippen molar-refractivity contribution < 1.29 is 14.3 Å². The van der Waals surface area contributed by atoms with Crippen molar-refractivity contribution in [3.05, 3.63) is 59.1 Å². The number of furan rings is 1. The minimum Gasteiger partial charge on any atom is -0.505 e. The highest BCUT2D eigenvalue weighted by molar-refractivity contribution is 6.35. The van der Waals surface area contributed by atoms with E-state index in [1.54, 1.807) is 36.5 Å². The number of fused-ring (bicyclic) bond motifs is 1. The van der Waals surface area contributed by atoms with Gasteiger partial charge in [0, 0.05) is 23.6 Å². The number of carbonyl (C=O) groups excluding carboxylic acids is 1. The number of aromatic nitrogens is 1. The zero-order chi connectivity index (χ0) is 17.8. The Morgan fingerprint density at radius 2 is 2.24 bits per heavy atom. The molecule has 1 amide bonds. The molecule has 0 fully saturated rings. The van der Waals surface area contributed by atoms with Crippen LogP contribution in [-0.2, 0) is 4.79 Å². The van der Waals surface area contributed by atoms with Gasteiger partial charge in [-0.2, -0.15) is 0 Å². The van der Waals surface area contributed by atoms with E-state index in [1.165, 1.54) is 6.26 Å². The molecule has 1 atom stereocenters. The SMILES string of the molecule is CCCCC(=O)N[C@H](c1ccco1)c1cc(Cl)c2cccnc2c1O. The Morgan fingerprint density at radius 1 is 1.40 bits per heavy atom. The third kappa shape index (κ3) is 3.61. The zero-order valence-corrected chi connectivity index (χ0v) is 14.6. The van der Waals surface area contributed by atoms with Crippen LogP contribution in [0.3, 0.4) is 0 Å². The van der Waals surface area contributed by atoms with Gasteiger partial charge in [0.15, 0.2) is 0 Å². The van der Waals surface area contributed by atoms with Crippen molar-refractivity contribution in [2.24, 2.45) is 0 Å². The van der Waals surface area contributed by atoms with Crippen molar-refractivity contribution >= 4 is 28.4 Å². The highest BCUT2D eigenvalue weighted by Crippen LogP contribution is 2.38. The van der Waals surface area contributed by atoms with Gasteiger partial charge >= 0.3 is 0 Å². The maximum absolute atomic E-state index is 12.3. The number of hydrogen-bond acceptors (Lipinski definition) is 4. The molecule has 0 radical (unpaired) electrons. The molecule has 130 valence electrons. The molecule has 0 saturated carbocycles. The maximum atomic E-state index is 12.3. The predicted molar refractivity (Wildman–Crippen MR) is 96.6 cm³/mol. The molecular weight excluding hydrogens is 340 g/mol. The summed E-state index contributed by atoms with van der Waals surface area (Å²) in [5.41, 5.74) is 0.848. The first kappa shape index (κ1) is 17.3. The van der Waals surface area contributed by atoms with Crippen LogP contribution in [0, 0.1) is 0 Å². The molecule has 0 aliphatic rings. The summed E-state index contributed by atoms with van der Waals surface area (Å²) in [6, 6.07) is 8.04. The Balaban J connectivity index is 2.06. The van der Waals surface area contributed by atoms with Gasteiger partial charge in [-0.3, -0.25) is 9.78 Å². The summed E-state index contributed by atoms with van der Waals surface area (Å²) < 4.78 is 5.47. The summed E-state index contributed by atoms with van der Waals surface area (Å²) in [7, 11) is 0. The van der Waals surface area contributed by atoms with Gasteiger partial charge in [0.25, 0.3) is 0 Å². The number of rotatable bonds is 6. The Hall–Kier alpha value is -2.53. The lowest BCUT2D eigenvalue weighted by atomic mass is 10.00. The maximum Gasteiger partial charge on any atom is 0.220 e. The molecule has 0 saturated heterocycles. The third-order valence-corrected chi connectivity index (χ3v) is 4.36. The Morgan fingerprint density at radius 3 is 2.96 bits per heavy atom. The van der Waals surface area contributed by atoms with Crippen LogP contribution in [0.5, 0.6) is 5.75 Å². The van der Waals surface area contributed by atoms with Crippen LogP contribution in [0.1, 0.15) is 43.6 Å². The van der Waals surface area contributed by atoms with Crippen molar-refractivity contribution in [1.82, 2.24) is 10.3 Å². The topological polar surface area (TPSA) is 75.4 Å². The number of nitrogens with one attached hydrogen (secondary N) is 1. The molecule has 0 unspecified atom stereocenters. The third-order valence-electron chi connectivity index (χ3n) is 4.05. The highest BCUT2D eigenvalue weighted by atomic mass is 35.5. The van der Waals surface area contributed by atoms with E-state index in [9.17, 15) is 9.90 Å². The molecule has 3 aromatic rings. The zero-order valence-electron chi connectivity index (χ0n) is 13.8.